The van der Waals surface area contributed by atoms with Gasteiger partial charge in [0.15, 0.2) is 0 Å². The summed E-state index contributed by atoms with van der Waals surface area (Å²) in [5, 5.41) is 9.93. The molecule has 8 heteroatoms. The number of amides is 1. The summed E-state index contributed by atoms with van der Waals surface area (Å²) in [5.74, 6) is 1.59. The van der Waals surface area contributed by atoms with Gasteiger partial charge in [-0.1, -0.05) is 36.9 Å². The maximum absolute atomic E-state index is 12.7. The van der Waals surface area contributed by atoms with Crippen LogP contribution >= 0.6 is 0 Å². The fourth-order valence-electron chi connectivity index (χ4n) is 4.92. The molecule has 1 fully saturated rings. The van der Waals surface area contributed by atoms with Crippen molar-refractivity contribution in [3.05, 3.63) is 78.8 Å². The van der Waals surface area contributed by atoms with Gasteiger partial charge in [-0.25, -0.2) is 9.97 Å². The zero-order chi connectivity index (χ0) is 25.2. The number of carbonyl (C=O) groups is 1. The van der Waals surface area contributed by atoms with Crippen LogP contribution in [0.2, 0.25) is 0 Å². The normalized spacial score (nSPS) is 15.1. The molecule has 0 unspecified atom stereocenters. The molecule has 0 bridgehead atoms. The molecule has 0 radical (unpaired) electrons. The van der Waals surface area contributed by atoms with E-state index in [4.69, 9.17) is 15.7 Å². The molecule has 1 atom stereocenters. The molecular weight excluding hydrogens is 452 g/mol. The predicted octanol–water partition coefficient (Wildman–Crippen LogP) is 4.85. The van der Waals surface area contributed by atoms with Gasteiger partial charge in [0.05, 0.1) is 11.4 Å². The molecule has 8 nitrogen and oxygen atoms in total. The Labute approximate surface area is 209 Å². The van der Waals surface area contributed by atoms with Gasteiger partial charge in [0.2, 0.25) is 0 Å². The summed E-state index contributed by atoms with van der Waals surface area (Å²) in [5.41, 5.74) is 9.93. The molecule has 0 aliphatic carbocycles. The van der Waals surface area contributed by atoms with Crippen LogP contribution in [0.5, 0.6) is 11.5 Å². The molecule has 4 aromatic rings. The van der Waals surface area contributed by atoms with Gasteiger partial charge in [0, 0.05) is 24.3 Å². The van der Waals surface area contributed by atoms with E-state index in [2.05, 4.69) is 21.1 Å². The summed E-state index contributed by atoms with van der Waals surface area (Å²) in [4.78, 5) is 23.3. The summed E-state index contributed by atoms with van der Waals surface area (Å²) < 4.78 is 8.04. The maximum atomic E-state index is 12.7. The third-order valence-corrected chi connectivity index (χ3v) is 6.68. The van der Waals surface area contributed by atoms with Crippen molar-refractivity contribution in [1.82, 2.24) is 19.4 Å². The van der Waals surface area contributed by atoms with Gasteiger partial charge < -0.3 is 19.9 Å². The van der Waals surface area contributed by atoms with E-state index in [0.29, 0.717) is 18.9 Å². The number of likely N-dealkylation sites (tertiary alicyclic amines) is 1. The second kappa shape index (κ2) is 9.55. The fraction of sp³-hybridized carbons (Fsp3) is 0.214. The van der Waals surface area contributed by atoms with Crippen molar-refractivity contribution in [2.24, 2.45) is 0 Å². The van der Waals surface area contributed by atoms with Crippen LogP contribution in [0, 0.1) is 18.3 Å². The molecule has 180 valence electrons. The van der Waals surface area contributed by atoms with E-state index in [1.807, 2.05) is 67.6 Å². The van der Waals surface area contributed by atoms with Gasteiger partial charge in [-0.05, 0) is 49.6 Å². The average Bonchev–Trinajstić information content (AvgIpc) is 3.48. The van der Waals surface area contributed by atoms with Crippen LogP contribution in [0.4, 0.5) is 5.82 Å². The van der Waals surface area contributed by atoms with Gasteiger partial charge in [0.25, 0.3) is 5.91 Å². The maximum Gasteiger partial charge on any atom is 0.264 e. The van der Waals surface area contributed by atoms with Gasteiger partial charge in [0.1, 0.15) is 40.9 Å². The molecule has 2 N–H and O–H groups in total. The number of aromatic nitrogens is 3. The van der Waals surface area contributed by atoms with E-state index in [-0.39, 0.29) is 17.5 Å². The lowest BCUT2D eigenvalue weighted by Crippen LogP contribution is -2.38. The summed E-state index contributed by atoms with van der Waals surface area (Å²) >= 11 is 0. The number of hydrogen-bond acceptors (Lipinski definition) is 6. The number of benzene rings is 2. The average molecular weight is 479 g/mol. The molecule has 3 heterocycles. The lowest BCUT2D eigenvalue weighted by Gasteiger charge is -2.25. The number of fused-ring (bicyclic) bond motifs is 1. The van der Waals surface area contributed by atoms with Crippen LogP contribution in [0.15, 0.2) is 73.1 Å². The van der Waals surface area contributed by atoms with Crippen molar-refractivity contribution in [3.63, 3.8) is 0 Å². The van der Waals surface area contributed by atoms with Crippen LogP contribution in [-0.4, -0.2) is 37.9 Å². The second-order valence-electron chi connectivity index (χ2n) is 8.85. The Morgan fingerprint density at radius 2 is 1.89 bits per heavy atom. The monoisotopic (exact) mass is 478 g/mol. The zero-order valence-corrected chi connectivity index (χ0v) is 20.0. The zero-order valence-electron chi connectivity index (χ0n) is 20.0. The first kappa shape index (κ1) is 23.1. The molecule has 2 aromatic heterocycles. The molecule has 1 aliphatic rings. The fourth-order valence-corrected chi connectivity index (χ4v) is 4.92. The van der Waals surface area contributed by atoms with Crippen LogP contribution < -0.4 is 10.5 Å². The molecule has 0 saturated carbocycles. The van der Waals surface area contributed by atoms with E-state index in [9.17, 15) is 4.79 Å². The first-order chi connectivity index (χ1) is 17.5. The van der Waals surface area contributed by atoms with Crippen molar-refractivity contribution >= 4 is 22.8 Å². The third-order valence-electron chi connectivity index (χ3n) is 6.68. The first-order valence-corrected chi connectivity index (χ1v) is 11.8. The van der Waals surface area contributed by atoms with Crippen molar-refractivity contribution in [1.29, 1.82) is 5.26 Å². The SMILES string of the molecule is C=C(C#N)C(=O)N1CCC[C@H]1Cn1c(C)c(-c2ccc(Oc3ccccc3)cc2)c2c(N)ncnc21. The Bertz CT molecular complexity index is 1480. The largest absolute Gasteiger partial charge is 0.457 e. The minimum Gasteiger partial charge on any atom is -0.457 e. The molecule has 0 spiro atoms. The molecule has 1 amide bonds. The number of nitrogen functional groups attached to an aromatic ring is 1. The number of ether oxygens (including phenoxy) is 1. The highest BCUT2D eigenvalue weighted by atomic mass is 16.5. The van der Waals surface area contributed by atoms with Crippen LogP contribution in [0.1, 0.15) is 18.5 Å². The van der Waals surface area contributed by atoms with E-state index in [1.54, 1.807) is 4.90 Å². The summed E-state index contributed by atoms with van der Waals surface area (Å²) in [6.07, 6.45) is 3.18. The predicted molar refractivity (Wildman–Crippen MR) is 138 cm³/mol. The molecule has 5 rings (SSSR count). The van der Waals surface area contributed by atoms with Crippen molar-refractivity contribution in [2.45, 2.75) is 32.4 Å². The van der Waals surface area contributed by atoms with E-state index in [0.717, 1.165) is 52.2 Å². The minimum atomic E-state index is -0.308. The van der Waals surface area contributed by atoms with E-state index in [1.165, 1.54) is 6.33 Å². The highest BCUT2D eigenvalue weighted by molar-refractivity contribution is 6.02. The highest BCUT2D eigenvalue weighted by Gasteiger charge is 2.32. The van der Waals surface area contributed by atoms with Crippen LogP contribution in [0.3, 0.4) is 0 Å². The van der Waals surface area contributed by atoms with Crippen molar-refractivity contribution < 1.29 is 9.53 Å². The molecular formula is C28H26N6O2. The van der Waals surface area contributed by atoms with Crippen molar-refractivity contribution in [2.75, 3.05) is 12.3 Å². The summed E-state index contributed by atoms with van der Waals surface area (Å²) in [7, 11) is 0. The first-order valence-electron chi connectivity index (χ1n) is 11.8. The minimum absolute atomic E-state index is 0.0407. The molecule has 2 aromatic carbocycles. The lowest BCUT2D eigenvalue weighted by molar-refractivity contribution is -0.127. The lowest BCUT2D eigenvalue weighted by atomic mass is 10.0. The van der Waals surface area contributed by atoms with E-state index < -0.39 is 0 Å². The summed E-state index contributed by atoms with van der Waals surface area (Å²) in [6, 6.07) is 19.3. The topological polar surface area (TPSA) is 110 Å². The molecule has 1 saturated heterocycles. The second-order valence-corrected chi connectivity index (χ2v) is 8.85. The van der Waals surface area contributed by atoms with E-state index >= 15 is 0 Å². The highest BCUT2D eigenvalue weighted by Crippen LogP contribution is 2.38. The Kier molecular flexibility index (Phi) is 6.13. The number of rotatable bonds is 6. The number of hydrogen-bond donors (Lipinski definition) is 1. The number of nitrogens with two attached hydrogens (primary N) is 1. The van der Waals surface area contributed by atoms with Crippen LogP contribution in [-0.2, 0) is 11.3 Å². The quantitative estimate of drug-likeness (QED) is 0.313. The molecule has 1 aliphatic heterocycles. The Hall–Kier alpha value is -4.64. The summed E-state index contributed by atoms with van der Waals surface area (Å²) in [6.45, 7) is 6.78. The van der Waals surface area contributed by atoms with Gasteiger partial charge in [-0.3, -0.25) is 4.79 Å². The number of nitrogens with zero attached hydrogens (tertiary/aromatic N) is 5. The Morgan fingerprint density at radius 3 is 2.61 bits per heavy atom. The number of nitriles is 1. The third kappa shape index (κ3) is 4.16. The van der Waals surface area contributed by atoms with Crippen molar-refractivity contribution in [3.8, 4) is 28.7 Å². The Morgan fingerprint density at radius 1 is 1.17 bits per heavy atom. The molecule has 36 heavy (non-hydrogen) atoms. The standard InChI is InChI=1S/C28H26N6O2/c1-18(15-29)28(35)33-14-6-7-21(33)16-34-19(2)24(25-26(30)31-17-32-27(25)34)20-10-12-23(13-11-20)36-22-8-4-3-5-9-22/h3-5,8-13,17,21H,1,6-7,14,16H2,2H3,(H2,30,31,32)/t21-/m0/s1. The van der Waals surface area contributed by atoms with Gasteiger partial charge >= 0.3 is 0 Å². The van der Waals surface area contributed by atoms with Crippen LogP contribution in [0.25, 0.3) is 22.2 Å². The smallest absolute Gasteiger partial charge is 0.264 e. The van der Waals surface area contributed by atoms with Gasteiger partial charge in [-0.2, -0.15) is 5.26 Å². The number of anilines is 1. The number of carbonyl (C=O) groups excluding carboxylic acids is 1. The number of para-hydroxylation sites is 1. The van der Waals surface area contributed by atoms with Gasteiger partial charge in [-0.15, -0.1) is 0 Å². The Balaban J connectivity index is 1.51.